The van der Waals surface area contributed by atoms with Gasteiger partial charge in [-0.05, 0) is 0 Å². The zero-order valence-corrected chi connectivity index (χ0v) is 7.39. The van der Waals surface area contributed by atoms with Gasteiger partial charge < -0.3 is 4.90 Å². The Balaban J connectivity index is 2.48. The van der Waals surface area contributed by atoms with Crippen molar-refractivity contribution in [3.8, 4) is 0 Å². The molecule has 0 saturated carbocycles. The minimum absolute atomic E-state index is 0.0510. The maximum atomic E-state index is 10.8. The lowest BCUT2D eigenvalue weighted by Crippen LogP contribution is -2.55. The van der Waals surface area contributed by atoms with E-state index in [2.05, 4.69) is 0 Å². The molecule has 1 aliphatic rings. The number of amides is 1. The molecule has 0 aromatic carbocycles. The van der Waals surface area contributed by atoms with Crippen LogP contribution in [-0.4, -0.2) is 43.8 Å². The average molecular weight is 177 g/mol. The molecule has 0 N–H and O–H groups in total. The molecular weight excluding hydrogens is 166 g/mol. The summed E-state index contributed by atoms with van der Waals surface area (Å²) in [5.74, 6) is -0.0510. The number of likely N-dealkylation sites (tertiary alicyclic amines) is 1. The molecule has 1 saturated heterocycles. The Labute approximate surface area is 66.1 Å². The number of sulfone groups is 1. The lowest BCUT2D eigenvalue weighted by molar-refractivity contribution is -0.131. The van der Waals surface area contributed by atoms with Crippen molar-refractivity contribution in [3.63, 3.8) is 0 Å². The SMILES string of the molecule is CC(=O)N1CC(S(C)(=O)=O)C1. The molecule has 1 amide bonds. The summed E-state index contributed by atoms with van der Waals surface area (Å²) in [7, 11) is -2.93. The van der Waals surface area contributed by atoms with Gasteiger partial charge in [0, 0.05) is 26.3 Å². The second kappa shape index (κ2) is 2.48. The van der Waals surface area contributed by atoms with Crippen LogP contribution in [0.15, 0.2) is 0 Å². The minimum Gasteiger partial charge on any atom is -0.340 e. The Morgan fingerprint density at radius 3 is 2.18 bits per heavy atom. The Morgan fingerprint density at radius 2 is 1.91 bits per heavy atom. The largest absolute Gasteiger partial charge is 0.340 e. The summed E-state index contributed by atoms with van der Waals surface area (Å²) in [5, 5.41) is -0.327. The fourth-order valence-corrected chi connectivity index (χ4v) is 1.87. The van der Waals surface area contributed by atoms with E-state index in [1.165, 1.54) is 18.1 Å². The molecule has 5 heteroatoms. The molecular formula is C6H11NO3S. The molecule has 0 radical (unpaired) electrons. The fourth-order valence-electron chi connectivity index (χ4n) is 0.966. The predicted octanol–water partition coefficient (Wildman–Crippen LogP) is -0.738. The van der Waals surface area contributed by atoms with Gasteiger partial charge in [-0.3, -0.25) is 4.79 Å². The molecule has 0 unspecified atom stereocenters. The van der Waals surface area contributed by atoms with Crippen molar-refractivity contribution in [1.82, 2.24) is 4.90 Å². The zero-order valence-electron chi connectivity index (χ0n) is 6.57. The number of carbonyl (C=O) groups is 1. The van der Waals surface area contributed by atoms with Crippen molar-refractivity contribution in [2.75, 3.05) is 19.3 Å². The zero-order chi connectivity index (χ0) is 8.65. The number of rotatable bonds is 1. The maximum absolute atomic E-state index is 10.8. The lowest BCUT2D eigenvalue weighted by atomic mass is 10.2. The molecule has 1 rings (SSSR count). The highest BCUT2D eigenvalue weighted by molar-refractivity contribution is 7.91. The second-order valence-electron chi connectivity index (χ2n) is 2.88. The van der Waals surface area contributed by atoms with Crippen molar-refractivity contribution in [1.29, 1.82) is 0 Å². The molecule has 0 spiro atoms. The van der Waals surface area contributed by atoms with Crippen LogP contribution in [0.25, 0.3) is 0 Å². The topological polar surface area (TPSA) is 54.5 Å². The molecule has 0 aromatic rings. The van der Waals surface area contributed by atoms with Crippen LogP contribution in [-0.2, 0) is 14.6 Å². The Hall–Kier alpha value is -0.580. The number of nitrogens with zero attached hydrogens (tertiary/aromatic N) is 1. The Morgan fingerprint density at radius 1 is 1.45 bits per heavy atom. The molecule has 1 heterocycles. The van der Waals surface area contributed by atoms with Gasteiger partial charge in [-0.15, -0.1) is 0 Å². The first-order valence-electron chi connectivity index (χ1n) is 3.35. The minimum atomic E-state index is -2.93. The highest BCUT2D eigenvalue weighted by atomic mass is 32.2. The first-order valence-corrected chi connectivity index (χ1v) is 5.31. The molecule has 0 bridgehead atoms. The smallest absolute Gasteiger partial charge is 0.219 e. The monoisotopic (exact) mass is 177 g/mol. The first-order chi connectivity index (χ1) is 4.91. The summed E-state index contributed by atoms with van der Waals surface area (Å²) < 4.78 is 21.7. The van der Waals surface area contributed by atoms with E-state index in [1.807, 2.05) is 0 Å². The summed E-state index contributed by atoms with van der Waals surface area (Å²) >= 11 is 0. The maximum Gasteiger partial charge on any atom is 0.219 e. The summed E-state index contributed by atoms with van der Waals surface area (Å²) in [6.07, 6.45) is 1.20. The highest BCUT2D eigenvalue weighted by Gasteiger charge is 2.35. The third-order valence-corrected chi connectivity index (χ3v) is 3.41. The fraction of sp³-hybridized carbons (Fsp3) is 0.833. The average Bonchev–Trinajstić information content (AvgIpc) is 1.51. The summed E-state index contributed by atoms with van der Waals surface area (Å²) in [4.78, 5) is 12.1. The Bertz CT molecular complexity index is 264. The van der Waals surface area contributed by atoms with Crippen LogP contribution < -0.4 is 0 Å². The number of carbonyl (C=O) groups excluding carboxylic acids is 1. The van der Waals surface area contributed by atoms with Crippen LogP contribution >= 0.6 is 0 Å². The third-order valence-electron chi connectivity index (χ3n) is 1.90. The van der Waals surface area contributed by atoms with Crippen LogP contribution in [0.5, 0.6) is 0 Å². The molecule has 0 aromatic heterocycles. The van der Waals surface area contributed by atoms with Crippen LogP contribution in [0.4, 0.5) is 0 Å². The van der Waals surface area contributed by atoms with E-state index < -0.39 is 9.84 Å². The number of hydrogen-bond acceptors (Lipinski definition) is 3. The molecule has 0 atom stereocenters. The molecule has 4 nitrogen and oxygen atoms in total. The van der Waals surface area contributed by atoms with Crippen LogP contribution in [0.2, 0.25) is 0 Å². The van der Waals surface area contributed by atoms with E-state index in [1.54, 1.807) is 0 Å². The van der Waals surface area contributed by atoms with E-state index in [4.69, 9.17) is 0 Å². The highest BCUT2D eigenvalue weighted by Crippen LogP contribution is 2.14. The molecule has 1 aliphatic heterocycles. The van der Waals surface area contributed by atoms with E-state index in [0.29, 0.717) is 13.1 Å². The predicted molar refractivity (Wildman–Crippen MR) is 40.9 cm³/mol. The molecule has 0 aliphatic carbocycles. The summed E-state index contributed by atoms with van der Waals surface area (Å²) in [6.45, 7) is 2.18. The van der Waals surface area contributed by atoms with E-state index >= 15 is 0 Å². The van der Waals surface area contributed by atoms with Gasteiger partial charge in [0.15, 0.2) is 9.84 Å². The first kappa shape index (κ1) is 8.52. The van der Waals surface area contributed by atoms with Crippen molar-refractivity contribution in [3.05, 3.63) is 0 Å². The van der Waals surface area contributed by atoms with Gasteiger partial charge in [0.2, 0.25) is 5.91 Å². The summed E-state index contributed by atoms with van der Waals surface area (Å²) in [6, 6.07) is 0. The van der Waals surface area contributed by atoms with Crippen molar-refractivity contribution in [2.24, 2.45) is 0 Å². The van der Waals surface area contributed by atoms with Crippen LogP contribution in [0.3, 0.4) is 0 Å². The Kier molecular flexibility index (Phi) is 1.92. The molecule has 64 valence electrons. The van der Waals surface area contributed by atoms with E-state index in [-0.39, 0.29) is 11.2 Å². The number of hydrogen-bond donors (Lipinski definition) is 0. The standard InChI is InChI=1S/C6H11NO3S/c1-5(8)7-3-6(4-7)11(2,9)10/h6H,3-4H2,1-2H3. The van der Waals surface area contributed by atoms with Gasteiger partial charge in [0.05, 0.1) is 5.25 Å². The quantitative estimate of drug-likeness (QED) is 0.530. The van der Waals surface area contributed by atoms with Gasteiger partial charge in [-0.2, -0.15) is 0 Å². The van der Waals surface area contributed by atoms with Crippen LogP contribution in [0.1, 0.15) is 6.92 Å². The van der Waals surface area contributed by atoms with E-state index in [9.17, 15) is 13.2 Å². The molecule has 1 fully saturated rings. The lowest BCUT2D eigenvalue weighted by Gasteiger charge is -2.37. The third kappa shape index (κ3) is 1.71. The summed E-state index contributed by atoms with van der Waals surface area (Å²) in [5.41, 5.74) is 0. The normalized spacial score (nSPS) is 19.6. The van der Waals surface area contributed by atoms with Crippen molar-refractivity contribution < 1.29 is 13.2 Å². The van der Waals surface area contributed by atoms with Gasteiger partial charge >= 0.3 is 0 Å². The van der Waals surface area contributed by atoms with Crippen LogP contribution in [0, 0.1) is 0 Å². The van der Waals surface area contributed by atoms with Crippen molar-refractivity contribution in [2.45, 2.75) is 12.2 Å². The van der Waals surface area contributed by atoms with E-state index in [0.717, 1.165) is 0 Å². The second-order valence-corrected chi connectivity index (χ2v) is 5.20. The van der Waals surface area contributed by atoms with Gasteiger partial charge in [0.1, 0.15) is 0 Å². The van der Waals surface area contributed by atoms with Gasteiger partial charge in [-0.25, -0.2) is 8.42 Å². The molecule has 11 heavy (non-hydrogen) atoms. The van der Waals surface area contributed by atoms with Gasteiger partial charge in [-0.1, -0.05) is 0 Å². The van der Waals surface area contributed by atoms with Gasteiger partial charge in [0.25, 0.3) is 0 Å². The van der Waals surface area contributed by atoms with Crippen molar-refractivity contribution >= 4 is 15.7 Å².